The van der Waals surface area contributed by atoms with Gasteiger partial charge in [0, 0.05) is 6.07 Å². The maximum atomic E-state index is 11.8. The summed E-state index contributed by atoms with van der Waals surface area (Å²) in [6.07, 6.45) is 1.21. The fraction of sp³-hybridized carbons (Fsp3) is 0.462. The first kappa shape index (κ1) is 16.6. The standard InChI is InChI=1S/C13H15N3O7/c17-11-4-2-1-3-9(11)14-13(18)23-12-6-5-8(15(19)20)7-10(12)16(21)22/h5-7,9,11,17H,1-4H2,(H,14,18). The van der Waals surface area contributed by atoms with Crippen molar-refractivity contribution < 1.29 is 24.5 Å². The summed E-state index contributed by atoms with van der Waals surface area (Å²) in [5, 5.41) is 33.8. The van der Waals surface area contributed by atoms with Crippen LogP contribution in [0.3, 0.4) is 0 Å². The van der Waals surface area contributed by atoms with Crippen LogP contribution in [0.2, 0.25) is 0 Å². The first-order valence-electron chi connectivity index (χ1n) is 6.97. The molecule has 2 N–H and O–H groups in total. The largest absolute Gasteiger partial charge is 0.413 e. The predicted octanol–water partition coefficient (Wildman–Crippen LogP) is 1.89. The van der Waals surface area contributed by atoms with Crippen LogP contribution in [0.5, 0.6) is 5.75 Å². The highest BCUT2D eigenvalue weighted by Gasteiger charge is 2.27. The van der Waals surface area contributed by atoms with Crippen molar-refractivity contribution in [2.75, 3.05) is 0 Å². The minimum absolute atomic E-state index is 0.400. The second-order valence-corrected chi connectivity index (χ2v) is 5.16. The number of hydrogen-bond acceptors (Lipinski definition) is 7. The summed E-state index contributed by atoms with van der Waals surface area (Å²) in [7, 11) is 0. The molecule has 1 aromatic carbocycles. The second-order valence-electron chi connectivity index (χ2n) is 5.16. The van der Waals surface area contributed by atoms with E-state index in [-0.39, 0.29) is 0 Å². The number of ether oxygens (including phenoxy) is 1. The number of nitro groups is 2. The lowest BCUT2D eigenvalue weighted by molar-refractivity contribution is -0.394. The lowest BCUT2D eigenvalue weighted by Crippen LogP contribution is -2.46. The summed E-state index contributed by atoms with van der Waals surface area (Å²) in [4.78, 5) is 31.8. The molecule has 1 saturated carbocycles. The third-order valence-corrected chi connectivity index (χ3v) is 3.59. The number of carbonyl (C=O) groups excluding carboxylic acids is 1. The Balaban J connectivity index is 2.10. The van der Waals surface area contributed by atoms with Crippen molar-refractivity contribution in [3.63, 3.8) is 0 Å². The molecule has 10 heteroatoms. The number of amides is 1. The number of aliphatic hydroxyl groups is 1. The van der Waals surface area contributed by atoms with Crippen LogP contribution in [0, 0.1) is 20.2 Å². The van der Waals surface area contributed by atoms with Crippen LogP contribution in [-0.2, 0) is 0 Å². The smallest absolute Gasteiger partial charge is 0.403 e. The minimum Gasteiger partial charge on any atom is -0.403 e. The Bertz CT molecular complexity index is 634. The van der Waals surface area contributed by atoms with Gasteiger partial charge in [0.15, 0.2) is 0 Å². The number of nitrogens with zero attached hydrogens (tertiary/aromatic N) is 2. The molecule has 2 unspecified atom stereocenters. The molecule has 1 aromatic rings. The molecule has 1 amide bonds. The molecule has 0 bridgehead atoms. The highest BCUT2D eigenvalue weighted by atomic mass is 16.6. The first-order chi connectivity index (χ1) is 10.9. The number of rotatable bonds is 4. The Hall–Kier alpha value is -2.75. The van der Waals surface area contributed by atoms with E-state index in [1.54, 1.807) is 0 Å². The van der Waals surface area contributed by atoms with Gasteiger partial charge in [-0.25, -0.2) is 4.79 Å². The van der Waals surface area contributed by atoms with Gasteiger partial charge in [-0.2, -0.15) is 0 Å². The first-order valence-corrected chi connectivity index (χ1v) is 6.97. The highest BCUT2D eigenvalue weighted by molar-refractivity contribution is 5.73. The Labute approximate surface area is 130 Å². The average molecular weight is 325 g/mol. The zero-order valence-corrected chi connectivity index (χ0v) is 12.0. The normalized spacial score (nSPS) is 20.6. The van der Waals surface area contributed by atoms with Gasteiger partial charge in [-0.1, -0.05) is 12.8 Å². The quantitative estimate of drug-likeness (QED) is 0.635. The summed E-state index contributed by atoms with van der Waals surface area (Å²) in [5.74, 6) is -0.400. The van der Waals surface area contributed by atoms with Crippen LogP contribution in [0.25, 0.3) is 0 Å². The van der Waals surface area contributed by atoms with Gasteiger partial charge in [0.1, 0.15) is 0 Å². The van der Waals surface area contributed by atoms with E-state index in [0.717, 1.165) is 31.0 Å². The molecule has 1 aliphatic rings. The fourth-order valence-corrected chi connectivity index (χ4v) is 2.41. The highest BCUT2D eigenvalue weighted by Crippen LogP contribution is 2.31. The molecule has 0 saturated heterocycles. The molecule has 2 atom stereocenters. The Morgan fingerprint density at radius 1 is 1.22 bits per heavy atom. The predicted molar refractivity (Wildman–Crippen MR) is 77.2 cm³/mol. The van der Waals surface area contributed by atoms with Crippen molar-refractivity contribution in [1.82, 2.24) is 5.32 Å². The third-order valence-electron chi connectivity index (χ3n) is 3.59. The SMILES string of the molecule is O=C(NC1CCCCC1O)Oc1ccc([N+](=O)[O-])cc1[N+](=O)[O-]. The van der Waals surface area contributed by atoms with Crippen molar-refractivity contribution in [2.24, 2.45) is 0 Å². The van der Waals surface area contributed by atoms with Gasteiger partial charge in [0.25, 0.3) is 5.69 Å². The molecule has 10 nitrogen and oxygen atoms in total. The number of nitrogens with one attached hydrogen (secondary N) is 1. The summed E-state index contributed by atoms with van der Waals surface area (Å²) >= 11 is 0. The molecule has 124 valence electrons. The number of nitro benzene ring substituents is 2. The molecular formula is C13H15N3O7. The monoisotopic (exact) mass is 325 g/mol. The molecule has 1 aliphatic carbocycles. The van der Waals surface area contributed by atoms with Gasteiger partial charge in [0.05, 0.1) is 28.1 Å². The molecule has 0 heterocycles. The van der Waals surface area contributed by atoms with E-state index in [1.807, 2.05) is 0 Å². The Morgan fingerprint density at radius 3 is 2.52 bits per heavy atom. The number of hydrogen-bond donors (Lipinski definition) is 2. The van der Waals surface area contributed by atoms with Crippen LogP contribution in [0.4, 0.5) is 16.2 Å². The van der Waals surface area contributed by atoms with Crippen LogP contribution < -0.4 is 10.1 Å². The van der Waals surface area contributed by atoms with Gasteiger partial charge in [-0.05, 0) is 18.9 Å². The fourth-order valence-electron chi connectivity index (χ4n) is 2.41. The molecular weight excluding hydrogens is 310 g/mol. The van der Waals surface area contributed by atoms with E-state index >= 15 is 0 Å². The van der Waals surface area contributed by atoms with Crippen LogP contribution in [-0.4, -0.2) is 33.2 Å². The topological polar surface area (TPSA) is 145 Å². The maximum Gasteiger partial charge on any atom is 0.413 e. The van der Waals surface area contributed by atoms with E-state index in [2.05, 4.69) is 5.32 Å². The van der Waals surface area contributed by atoms with Gasteiger partial charge in [0.2, 0.25) is 5.75 Å². The molecule has 0 radical (unpaired) electrons. The molecule has 0 aromatic heterocycles. The number of aliphatic hydroxyl groups excluding tert-OH is 1. The van der Waals surface area contributed by atoms with Gasteiger partial charge < -0.3 is 15.2 Å². The molecule has 0 spiro atoms. The number of benzene rings is 1. The average Bonchev–Trinajstić information content (AvgIpc) is 2.49. The lowest BCUT2D eigenvalue weighted by atomic mass is 9.93. The van der Waals surface area contributed by atoms with Crippen molar-refractivity contribution >= 4 is 17.5 Å². The number of non-ortho nitro benzene ring substituents is 1. The summed E-state index contributed by atoms with van der Waals surface area (Å²) in [6, 6.07) is 2.24. The Morgan fingerprint density at radius 2 is 1.91 bits per heavy atom. The van der Waals surface area contributed by atoms with Crippen molar-refractivity contribution in [1.29, 1.82) is 0 Å². The number of carbonyl (C=O) groups is 1. The summed E-state index contributed by atoms with van der Waals surface area (Å²) in [5.41, 5.74) is -1.16. The molecule has 0 aliphatic heterocycles. The van der Waals surface area contributed by atoms with Crippen molar-refractivity contribution in [3.05, 3.63) is 38.4 Å². The van der Waals surface area contributed by atoms with Gasteiger partial charge in [-0.15, -0.1) is 0 Å². The van der Waals surface area contributed by atoms with Crippen molar-refractivity contribution in [3.8, 4) is 5.75 Å². The van der Waals surface area contributed by atoms with Crippen LogP contribution in [0.1, 0.15) is 25.7 Å². The van der Waals surface area contributed by atoms with E-state index < -0.39 is 45.2 Å². The van der Waals surface area contributed by atoms with E-state index in [9.17, 15) is 30.1 Å². The molecule has 2 rings (SSSR count). The van der Waals surface area contributed by atoms with Crippen LogP contribution in [0.15, 0.2) is 18.2 Å². The van der Waals surface area contributed by atoms with Gasteiger partial charge >= 0.3 is 11.8 Å². The minimum atomic E-state index is -0.951. The third kappa shape index (κ3) is 4.13. The Kier molecular flexibility index (Phi) is 5.06. The summed E-state index contributed by atoms with van der Waals surface area (Å²) in [6.45, 7) is 0. The van der Waals surface area contributed by atoms with E-state index in [1.165, 1.54) is 0 Å². The summed E-state index contributed by atoms with van der Waals surface area (Å²) < 4.78 is 4.87. The molecule has 23 heavy (non-hydrogen) atoms. The van der Waals surface area contributed by atoms with Crippen LogP contribution >= 0.6 is 0 Å². The molecule has 1 fully saturated rings. The lowest BCUT2D eigenvalue weighted by Gasteiger charge is -2.27. The van der Waals surface area contributed by atoms with E-state index in [4.69, 9.17) is 4.74 Å². The second kappa shape index (κ2) is 7.01. The zero-order chi connectivity index (χ0) is 17.0. The van der Waals surface area contributed by atoms with E-state index in [0.29, 0.717) is 12.8 Å². The van der Waals surface area contributed by atoms with Gasteiger partial charge in [-0.3, -0.25) is 20.2 Å². The maximum absolute atomic E-state index is 11.8. The zero-order valence-electron chi connectivity index (χ0n) is 12.0. The van der Waals surface area contributed by atoms with Crippen molar-refractivity contribution in [2.45, 2.75) is 37.8 Å².